The lowest BCUT2D eigenvalue weighted by Crippen LogP contribution is -2.26. The summed E-state index contributed by atoms with van der Waals surface area (Å²) in [6.45, 7) is 9.55. The van der Waals surface area contributed by atoms with Gasteiger partial charge in [0.25, 0.3) is 0 Å². The van der Waals surface area contributed by atoms with Gasteiger partial charge in [0.05, 0.1) is 17.6 Å². The minimum Gasteiger partial charge on any atom is -0.465 e. The van der Waals surface area contributed by atoms with Gasteiger partial charge in [-0.15, -0.1) is 11.3 Å². The Morgan fingerprint density at radius 2 is 2.03 bits per heavy atom. The van der Waals surface area contributed by atoms with Gasteiger partial charge in [-0.1, -0.05) is 20.8 Å². The minimum atomic E-state index is -0.500. The number of thiophene rings is 1. The second-order valence-electron chi connectivity index (χ2n) is 8.99. The highest BCUT2D eigenvalue weighted by Crippen LogP contribution is 2.44. The smallest absolute Gasteiger partial charge is 0.341 e. The molecule has 168 valence electrons. The molecular weight excluding hydrogens is 420 g/mol. The topological polar surface area (TPSA) is 116 Å². The molecule has 0 spiro atoms. The van der Waals surface area contributed by atoms with Crippen LogP contribution >= 0.6 is 11.3 Å². The van der Waals surface area contributed by atoms with E-state index < -0.39 is 16.8 Å². The van der Waals surface area contributed by atoms with Crippen molar-refractivity contribution in [1.29, 1.82) is 0 Å². The lowest BCUT2D eigenvalue weighted by molar-refractivity contribution is -0.386. The van der Waals surface area contributed by atoms with Gasteiger partial charge in [0.2, 0.25) is 5.91 Å². The Hall–Kier alpha value is -2.75. The van der Waals surface area contributed by atoms with Crippen molar-refractivity contribution in [2.75, 3.05) is 12.4 Å². The van der Waals surface area contributed by atoms with E-state index >= 15 is 0 Å². The summed E-state index contributed by atoms with van der Waals surface area (Å²) in [5, 5.41) is 18.6. The van der Waals surface area contributed by atoms with Gasteiger partial charge >= 0.3 is 11.7 Å². The van der Waals surface area contributed by atoms with E-state index in [2.05, 4.69) is 31.2 Å². The zero-order valence-corrected chi connectivity index (χ0v) is 19.5. The Morgan fingerprint density at radius 1 is 1.35 bits per heavy atom. The molecule has 0 bridgehead atoms. The molecular formula is C21H28N4O5S. The molecule has 3 rings (SSSR count). The van der Waals surface area contributed by atoms with Gasteiger partial charge in [-0.2, -0.15) is 5.10 Å². The number of rotatable bonds is 5. The average molecular weight is 449 g/mol. The number of carbonyl (C=O) groups excluding carboxylic acids is 2. The minimum absolute atomic E-state index is 0.0946. The Labute approximate surface area is 184 Å². The lowest BCUT2D eigenvalue weighted by atomic mass is 9.72. The summed E-state index contributed by atoms with van der Waals surface area (Å²) in [4.78, 5) is 37.0. The molecule has 1 aliphatic carbocycles. The number of esters is 1. The van der Waals surface area contributed by atoms with Crippen molar-refractivity contribution in [3.63, 3.8) is 0 Å². The van der Waals surface area contributed by atoms with Crippen LogP contribution < -0.4 is 5.32 Å². The fourth-order valence-electron chi connectivity index (χ4n) is 4.14. The number of aromatic nitrogens is 2. The van der Waals surface area contributed by atoms with Crippen molar-refractivity contribution in [2.24, 2.45) is 11.3 Å². The molecule has 31 heavy (non-hydrogen) atoms. The summed E-state index contributed by atoms with van der Waals surface area (Å²) in [6, 6.07) is 0. The predicted octanol–water partition coefficient (Wildman–Crippen LogP) is 4.05. The first-order valence-corrected chi connectivity index (χ1v) is 11.0. The molecule has 0 saturated heterocycles. The largest absolute Gasteiger partial charge is 0.465 e. The Kier molecular flexibility index (Phi) is 6.22. The zero-order valence-electron chi connectivity index (χ0n) is 18.7. The normalized spacial score (nSPS) is 16.0. The van der Waals surface area contributed by atoms with E-state index in [1.54, 1.807) is 6.92 Å². The second-order valence-corrected chi connectivity index (χ2v) is 10.1. The number of ether oxygens (including phenoxy) is 1. The SMILES string of the molecule is COC(=O)c1c(NC(=O)Cn2nc(C)c([N+](=O)[O-])c2C)sc2c1CC[C@@H](C(C)(C)C)C2. The van der Waals surface area contributed by atoms with Crippen molar-refractivity contribution in [1.82, 2.24) is 9.78 Å². The van der Waals surface area contributed by atoms with Crippen LogP contribution in [0.15, 0.2) is 0 Å². The number of nitro groups is 1. The number of hydrogen-bond donors (Lipinski definition) is 1. The number of carbonyl (C=O) groups is 2. The molecule has 10 heteroatoms. The fourth-order valence-corrected chi connectivity index (χ4v) is 5.47. The first-order valence-electron chi connectivity index (χ1n) is 10.1. The molecule has 0 aliphatic heterocycles. The number of fused-ring (bicyclic) bond motifs is 1. The predicted molar refractivity (Wildman–Crippen MR) is 118 cm³/mol. The van der Waals surface area contributed by atoms with Gasteiger partial charge in [0, 0.05) is 4.88 Å². The summed E-state index contributed by atoms with van der Waals surface area (Å²) in [7, 11) is 1.33. The molecule has 0 fully saturated rings. The van der Waals surface area contributed by atoms with Gasteiger partial charge in [0.15, 0.2) is 0 Å². The number of anilines is 1. The number of hydrogen-bond acceptors (Lipinski definition) is 7. The monoisotopic (exact) mass is 448 g/mol. The van der Waals surface area contributed by atoms with Gasteiger partial charge < -0.3 is 10.1 Å². The van der Waals surface area contributed by atoms with E-state index in [0.29, 0.717) is 22.2 Å². The maximum atomic E-state index is 12.7. The molecule has 0 radical (unpaired) electrons. The van der Waals surface area contributed by atoms with Crippen LogP contribution in [0.2, 0.25) is 0 Å². The summed E-state index contributed by atoms with van der Waals surface area (Å²) in [6.07, 6.45) is 2.59. The summed E-state index contributed by atoms with van der Waals surface area (Å²) in [5.74, 6) is -0.386. The maximum absolute atomic E-state index is 12.7. The van der Waals surface area contributed by atoms with Gasteiger partial charge in [-0.25, -0.2) is 4.79 Å². The third-order valence-electron chi connectivity index (χ3n) is 5.95. The quantitative estimate of drug-likeness (QED) is 0.419. The van der Waals surface area contributed by atoms with Crippen LogP contribution in [0.4, 0.5) is 10.7 Å². The Bertz CT molecular complexity index is 1050. The van der Waals surface area contributed by atoms with Crippen molar-refractivity contribution in [3.05, 3.63) is 37.5 Å². The third kappa shape index (κ3) is 4.48. The fraction of sp³-hybridized carbons (Fsp3) is 0.571. The molecule has 0 unspecified atom stereocenters. The van der Waals surface area contributed by atoms with Crippen molar-refractivity contribution >= 4 is 33.9 Å². The molecule has 1 N–H and O–H groups in total. The second kappa shape index (κ2) is 8.41. The molecule has 1 amide bonds. The molecule has 1 aliphatic rings. The molecule has 2 heterocycles. The highest BCUT2D eigenvalue weighted by atomic mass is 32.1. The number of methoxy groups -OCH3 is 1. The Morgan fingerprint density at radius 3 is 2.58 bits per heavy atom. The van der Waals surface area contributed by atoms with Gasteiger partial charge in [-0.05, 0) is 50.0 Å². The van der Waals surface area contributed by atoms with E-state index in [1.165, 1.54) is 30.1 Å². The number of nitrogens with one attached hydrogen (secondary N) is 1. The number of nitrogens with zero attached hydrogens (tertiary/aromatic N) is 3. The first-order chi connectivity index (χ1) is 14.4. The van der Waals surface area contributed by atoms with E-state index in [-0.39, 0.29) is 23.3 Å². The summed E-state index contributed by atoms with van der Waals surface area (Å²) >= 11 is 1.41. The van der Waals surface area contributed by atoms with Crippen LogP contribution in [0.3, 0.4) is 0 Å². The highest BCUT2D eigenvalue weighted by Gasteiger charge is 2.34. The van der Waals surface area contributed by atoms with Crippen LogP contribution in [0, 0.1) is 35.3 Å². The van der Waals surface area contributed by atoms with Gasteiger partial charge in [0.1, 0.15) is 22.9 Å². The third-order valence-corrected chi connectivity index (χ3v) is 7.12. The lowest BCUT2D eigenvalue weighted by Gasteiger charge is -2.33. The zero-order chi connectivity index (χ0) is 23.1. The van der Waals surface area contributed by atoms with Crippen LogP contribution in [0.5, 0.6) is 0 Å². The standard InChI is InChI=1S/C21H28N4O5S/c1-11-18(25(28)29)12(2)24(23-11)10-16(26)22-19-17(20(27)30-6)14-8-7-13(21(3,4)5)9-15(14)31-19/h13H,7-10H2,1-6H3,(H,22,26)/t13-/m1/s1. The maximum Gasteiger partial charge on any atom is 0.341 e. The molecule has 2 aromatic heterocycles. The molecule has 9 nitrogen and oxygen atoms in total. The number of amides is 1. The van der Waals surface area contributed by atoms with Crippen LogP contribution in [-0.2, 0) is 28.9 Å². The summed E-state index contributed by atoms with van der Waals surface area (Å²) in [5.41, 5.74) is 2.00. The highest BCUT2D eigenvalue weighted by molar-refractivity contribution is 7.17. The Balaban J connectivity index is 1.87. The molecule has 2 aromatic rings. The summed E-state index contributed by atoms with van der Waals surface area (Å²) < 4.78 is 6.29. The van der Waals surface area contributed by atoms with E-state index in [4.69, 9.17) is 4.74 Å². The average Bonchev–Trinajstić information content (AvgIpc) is 3.15. The molecule has 1 atom stereocenters. The first kappa shape index (κ1) is 22.9. The van der Waals surface area contributed by atoms with E-state index in [9.17, 15) is 19.7 Å². The number of aryl methyl sites for hydroxylation is 1. The van der Waals surface area contributed by atoms with Crippen molar-refractivity contribution in [3.8, 4) is 0 Å². The van der Waals surface area contributed by atoms with Gasteiger partial charge in [-0.3, -0.25) is 19.6 Å². The van der Waals surface area contributed by atoms with Crippen LogP contribution in [-0.4, -0.2) is 33.7 Å². The van der Waals surface area contributed by atoms with Crippen molar-refractivity contribution in [2.45, 2.75) is 60.4 Å². The van der Waals surface area contributed by atoms with Crippen molar-refractivity contribution < 1.29 is 19.2 Å². The van der Waals surface area contributed by atoms with Crippen LogP contribution in [0.1, 0.15) is 59.4 Å². The molecule has 0 saturated carbocycles. The molecule has 0 aromatic carbocycles. The van der Waals surface area contributed by atoms with E-state index in [0.717, 1.165) is 29.7 Å². The van der Waals surface area contributed by atoms with E-state index in [1.807, 2.05) is 0 Å². The van der Waals surface area contributed by atoms with Crippen LogP contribution in [0.25, 0.3) is 0 Å².